The van der Waals surface area contributed by atoms with E-state index in [1.165, 1.54) is 0 Å². The molecule has 244 valence electrons. The molecule has 1 aliphatic carbocycles. The Hall–Kier alpha value is -3.08. The van der Waals surface area contributed by atoms with Gasteiger partial charge in [0.15, 0.2) is 0 Å². The van der Waals surface area contributed by atoms with Gasteiger partial charge in [-0.1, -0.05) is 36.7 Å². The molecular formula is C34H43ClN2O7S. The fourth-order valence-corrected chi connectivity index (χ4v) is 8.50. The molecular weight excluding hydrogens is 616 g/mol. The number of carbonyl (C=O) groups is 2. The number of allylic oxidation sites excluding steroid dienone is 1. The van der Waals surface area contributed by atoms with E-state index >= 15 is 0 Å². The predicted molar refractivity (Wildman–Crippen MR) is 174 cm³/mol. The zero-order chi connectivity index (χ0) is 32.4. The highest BCUT2D eigenvalue weighted by Gasteiger charge is 2.47. The zero-order valence-electron chi connectivity index (χ0n) is 25.9. The Labute approximate surface area is 270 Å². The van der Waals surface area contributed by atoms with E-state index in [2.05, 4.69) is 9.62 Å². The van der Waals surface area contributed by atoms with Crippen molar-refractivity contribution in [1.82, 2.24) is 4.72 Å². The minimum Gasteiger partial charge on any atom is -0.487 e. The molecule has 1 amide bonds. The number of halogens is 1. The van der Waals surface area contributed by atoms with Gasteiger partial charge < -0.3 is 19.8 Å². The SMILES string of the molecule is C[C@@H]1[C@@H](C)C/C=C/C(CO)(CC(=O)O)[C@@H]2CC[C@H]2CN2CCCCc3cc(Cl)ccc3COc3ccc(cc32)C(=O)NS1(=O)=O. The van der Waals surface area contributed by atoms with Gasteiger partial charge >= 0.3 is 5.97 Å². The molecule has 2 bridgehead atoms. The van der Waals surface area contributed by atoms with Crippen LogP contribution < -0.4 is 14.4 Å². The van der Waals surface area contributed by atoms with Crippen molar-refractivity contribution < 1.29 is 33.0 Å². The number of aliphatic hydroxyl groups is 1. The molecule has 2 aromatic carbocycles. The van der Waals surface area contributed by atoms with Crippen LogP contribution in [0.3, 0.4) is 0 Å². The van der Waals surface area contributed by atoms with Gasteiger partial charge in [0.25, 0.3) is 5.91 Å². The van der Waals surface area contributed by atoms with Crippen molar-refractivity contribution >= 4 is 39.2 Å². The molecule has 0 radical (unpaired) electrons. The van der Waals surface area contributed by atoms with E-state index < -0.39 is 32.6 Å². The highest BCUT2D eigenvalue weighted by molar-refractivity contribution is 7.90. The third kappa shape index (κ3) is 7.34. The Morgan fingerprint density at radius 3 is 2.64 bits per heavy atom. The van der Waals surface area contributed by atoms with Gasteiger partial charge in [0, 0.05) is 29.1 Å². The van der Waals surface area contributed by atoms with Crippen molar-refractivity contribution in [3.8, 4) is 5.75 Å². The van der Waals surface area contributed by atoms with Crippen LogP contribution in [0.5, 0.6) is 5.75 Å². The minimum absolute atomic E-state index is 0.0837. The van der Waals surface area contributed by atoms with Gasteiger partial charge in [-0.2, -0.15) is 0 Å². The van der Waals surface area contributed by atoms with Gasteiger partial charge in [-0.3, -0.25) is 9.59 Å². The van der Waals surface area contributed by atoms with E-state index in [-0.39, 0.29) is 36.3 Å². The monoisotopic (exact) mass is 658 g/mol. The Balaban J connectivity index is 1.59. The molecule has 2 aromatic rings. The van der Waals surface area contributed by atoms with Crippen molar-refractivity contribution in [1.29, 1.82) is 0 Å². The quantitative estimate of drug-likeness (QED) is 0.364. The number of fused-ring (bicyclic) bond motifs is 3. The maximum absolute atomic E-state index is 13.4. The second-order valence-corrected chi connectivity index (χ2v) is 15.5. The van der Waals surface area contributed by atoms with E-state index in [1.807, 2.05) is 30.4 Å². The number of aliphatic carboxylic acids is 1. The van der Waals surface area contributed by atoms with Gasteiger partial charge in [0.1, 0.15) is 12.4 Å². The highest BCUT2D eigenvalue weighted by atomic mass is 35.5. The summed E-state index contributed by atoms with van der Waals surface area (Å²) in [5.74, 6) is -1.48. The average Bonchev–Trinajstić information content (AvgIpc) is 3.00. The molecule has 0 saturated heterocycles. The largest absolute Gasteiger partial charge is 0.487 e. The maximum Gasteiger partial charge on any atom is 0.304 e. The highest BCUT2D eigenvalue weighted by Crippen LogP contribution is 2.50. The molecule has 1 fully saturated rings. The Morgan fingerprint density at radius 2 is 1.93 bits per heavy atom. The van der Waals surface area contributed by atoms with Crippen LogP contribution in [-0.4, -0.2) is 55.5 Å². The summed E-state index contributed by atoms with van der Waals surface area (Å²) in [6, 6.07) is 10.8. The summed E-state index contributed by atoms with van der Waals surface area (Å²) in [7, 11) is -4.03. The molecule has 5 atom stereocenters. The van der Waals surface area contributed by atoms with Gasteiger partial charge in [-0.25, -0.2) is 13.1 Å². The number of hydrogen-bond donors (Lipinski definition) is 3. The number of carboxylic acids is 1. The molecule has 1 saturated carbocycles. The van der Waals surface area contributed by atoms with Crippen LogP contribution in [0.2, 0.25) is 5.02 Å². The lowest BCUT2D eigenvalue weighted by Crippen LogP contribution is -2.48. The van der Waals surface area contributed by atoms with Crippen molar-refractivity contribution in [3.63, 3.8) is 0 Å². The number of sulfonamides is 1. The number of nitrogens with zero attached hydrogens (tertiary/aromatic N) is 1. The Morgan fingerprint density at radius 1 is 1.13 bits per heavy atom. The molecule has 3 aliphatic rings. The van der Waals surface area contributed by atoms with Crippen molar-refractivity contribution in [2.24, 2.45) is 23.2 Å². The number of carboxylic acid groups (broad SMARTS) is 1. The topological polar surface area (TPSA) is 133 Å². The normalized spacial score (nSPS) is 29.4. The van der Waals surface area contributed by atoms with E-state index in [0.717, 1.165) is 43.2 Å². The van der Waals surface area contributed by atoms with Crippen LogP contribution in [0.25, 0.3) is 0 Å². The van der Waals surface area contributed by atoms with Gasteiger partial charge in [0.05, 0.1) is 24.0 Å². The molecule has 45 heavy (non-hydrogen) atoms. The lowest BCUT2D eigenvalue weighted by Gasteiger charge is -2.49. The number of ether oxygens (including phenoxy) is 1. The fraction of sp³-hybridized carbons (Fsp3) is 0.529. The van der Waals surface area contributed by atoms with E-state index in [0.29, 0.717) is 42.6 Å². The van der Waals surface area contributed by atoms with Crippen molar-refractivity contribution in [2.75, 3.05) is 24.6 Å². The predicted octanol–water partition coefficient (Wildman–Crippen LogP) is 5.59. The molecule has 0 aromatic heterocycles. The number of rotatable bonds is 3. The number of anilines is 1. The van der Waals surface area contributed by atoms with Gasteiger partial charge in [-0.05, 0) is 105 Å². The maximum atomic E-state index is 13.4. The first kappa shape index (κ1) is 33.3. The first-order chi connectivity index (χ1) is 21.4. The number of nitrogens with one attached hydrogen (secondary N) is 1. The van der Waals surface area contributed by atoms with Crippen LogP contribution in [0.1, 0.15) is 73.9 Å². The summed E-state index contributed by atoms with van der Waals surface area (Å²) >= 11 is 6.31. The van der Waals surface area contributed by atoms with E-state index in [1.54, 1.807) is 32.0 Å². The second-order valence-electron chi connectivity index (χ2n) is 13.0. The smallest absolute Gasteiger partial charge is 0.304 e. The molecule has 2 heterocycles. The minimum atomic E-state index is -4.03. The van der Waals surface area contributed by atoms with Crippen LogP contribution >= 0.6 is 11.6 Å². The third-order valence-electron chi connectivity index (χ3n) is 10.1. The third-order valence-corrected chi connectivity index (χ3v) is 12.3. The molecule has 2 aliphatic heterocycles. The molecule has 3 N–H and O–H groups in total. The van der Waals surface area contributed by atoms with E-state index in [4.69, 9.17) is 16.3 Å². The lowest BCUT2D eigenvalue weighted by atomic mass is 9.57. The molecule has 0 spiro atoms. The molecule has 9 nitrogen and oxygen atoms in total. The molecule has 5 rings (SSSR count). The summed E-state index contributed by atoms with van der Waals surface area (Å²) in [6.45, 7) is 4.55. The number of carbonyl (C=O) groups excluding carboxylic acids is 1. The van der Waals surface area contributed by atoms with Crippen LogP contribution in [0, 0.1) is 23.2 Å². The number of hydrogen-bond acceptors (Lipinski definition) is 7. The Bertz CT molecular complexity index is 1560. The molecule has 1 unspecified atom stereocenters. The first-order valence-corrected chi connectivity index (χ1v) is 17.7. The van der Waals surface area contributed by atoms with Crippen LogP contribution in [0.15, 0.2) is 48.6 Å². The first-order valence-electron chi connectivity index (χ1n) is 15.8. The fourth-order valence-electron chi connectivity index (χ4n) is 7.02. The Kier molecular flexibility index (Phi) is 10.2. The number of aryl methyl sites for hydroxylation is 1. The standard InChI is InChI=1S/C34H43ClN2O7S/c1-22-6-5-14-34(21-38,18-32(39)40)29-12-9-26(29)19-37-15-4-3-7-24-16-28(35)11-8-27(24)20-44-31-13-10-25(17-30(31)37)33(41)36-45(42,43)23(22)2/h5,8,10-11,13-14,16-17,22-23,26,29,38H,3-4,6-7,9,12,15,18-21H2,1-2H3,(H,36,41)(H,39,40)/b14-5+/t22-,23+,26-,29+,34?/m0/s1. The average molecular weight is 659 g/mol. The van der Waals surface area contributed by atoms with Crippen LogP contribution in [0.4, 0.5) is 5.69 Å². The zero-order valence-corrected chi connectivity index (χ0v) is 27.4. The summed E-state index contributed by atoms with van der Waals surface area (Å²) in [4.78, 5) is 27.7. The lowest BCUT2D eigenvalue weighted by molar-refractivity contribution is -0.142. The van der Waals surface area contributed by atoms with Crippen molar-refractivity contribution in [3.05, 3.63) is 70.3 Å². The van der Waals surface area contributed by atoms with E-state index in [9.17, 15) is 28.2 Å². The summed E-state index contributed by atoms with van der Waals surface area (Å²) in [5, 5.41) is 20.4. The van der Waals surface area contributed by atoms with Gasteiger partial charge in [0.2, 0.25) is 10.0 Å². The van der Waals surface area contributed by atoms with Crippen molar-refractivity contribution in [2.45, 2.75) is 70.7 Å². The second kappa shape index (κ2) is 13.7. The van der Waals surface area contributed by atoms with Gasteiger partial charge in [-0.15, -0.1) is 0 Å². The van der Waals surface area contributed by atoms with Crippen LogP contribution in [-0.2, 0) is 27.8 Å². The summed E-state index contributed by atoms with van der Waals surface area (Å²) < 4.78 is 35.2. The molecule has 11 heteroatoms. The number of aliphatic hydroxyl groups excluding tert-OH is 1. The number of benzene rings is 2. The summed E-state index contributed by atoms with van der Waals surface area (Å²) in [6.07, 6.45) is 7.96. The number of amides is 1. The summed E-state index contributed by atoms with van der Waals surface area (Å²) in [5.41, 5.74) is 2.07.